The predicted molar refractivity (Wildman–Crippen MR) is 108 cm³/mol. The molecule has 7 heteroatoms. The van der Waals surface area contributed by atoms with Crippen molar-refractivity contribution in [3.8, 4) is 11.5 Å². The van der Waals surface area contributed by atoms with Gasteiger partial charge in [-0.25, -0.2) is 4.39 Å². The SMILES string of the molecule is COc1cc(CNC(=O)CSCc2c(F)cccc2Cl)ccc1OC(C)C. The van der Waals surface area contributed by atoms with Gasteiger partial charge in [-0.3, -0.25) is 4.79 Å². The van der Waals surface area contributed by atoms with Crippen molar-refractivity contribution in [2.75, 3.05) is 12.9 Å². The Morgan fingerprint density at radius 2 is 2.04 bits per heavy atom. The van der Waals surface area contributed by atoms with Gasteiger partial charge in [-0.2, -0.15) is 0 Å². The number of carbonyl (C=O) groups excluding carboxylic acids is 1. The second-order valence-electron chi connectivity index (χ2n) is 6.12. The van der Waals surface area contributed by atoms with E-state index in [1.165, 1.54) is 17.8 Å². The number of rotatable bonds is 9. The lowest BCUT2D eigenvalue weighted by molar-refractivity contribution is -0.118. The normalized spacial score (nSPS) is 10.7. The van der Waals surface area contributed by atoms with Crippen LogP contribution in [0.1, 0.15) is 25.0 Å². The highest BCUT2D eigenvalue weighted by atomic mass is 35.5. The Labute approximate surface area is 168 Å². The van der Waals surface area contributed by atoms with Crippen LogP contribution in [0.25, 0.3) is 0 Å². The Morgan fingerprint density at radius 3 is 2.70 bits per heavy atom. The summed E-state index contributed by atoms with van der Waals surface area (Å²) in [5, 5.41) is 3.22. The summed E-state index contributed by atoms with van der Waals surface area (Å²) in [7, 11) is 1.58. The molecule has 0 saturated heterocycles. The van der Waals surface area contributed by atoms with Gasteiger partial charge in [0.1, 0.15) is 5.82 Å². The molecule has 0 atom stereocenters. The van der Waals surface area contributed by atoms with Crippen molar-refractivity contribution in [1.82, 2.24) is 5.32 Å². The smallest absolute Gasteiger partial charge is 0.230 e. The molecule has 0 unspecified atom stereocenters. The minimum Gasteiger partial charge on any atom is -0.493 e. The number of ether oxygens (including phenoxy) is 2. The number of nitrogens with one attached hydrogen (secondary N) is 1. The van der Waals surface area contributed by atoms with E-state index in [4.69, 9.17) is 21.1 Å². The lowest BCUT2D eigenvalue weighted by atomic mass is 10.2. The van der Waals surface area contributed by atoms with E-state index >= 15 is 0 Å². The molecule has 0 radical (unpaired) electrons. The summed E-state index contributed by atoms with van der Waals surface area (Å²) in [6.07, 6.45) is 0.0458. The van der Waals surface area contributed by atoms with Crippen LogP contribution in [0.2, 0.25) is 5.02 Å². The summed E-state index contributed by atoms with van der Waals surface area (Å²) in [5.74, 6) is 1.36. The summed E-state index contributed by atoms with van der Waals surface area (Å²) in [4.78, 5) is 12.0. The predicted octanol–water partition coefficient (Wildman–Crippen LogP) is 4.82. The van der Waals surface area contributed by atoms with Gasteiger partial charge >= 0.3 is 0 Å². The molecule has 1 N–H and O–H groups in total. The Kier molecular flexibility index (Phi) is 8.25. The van der Waals surface area contributed by atoms with Gasteiger partial charge in [0.25, 0.3) is 0 Å². The molecule has 0 aromatic heterocycles. The first kappa shape index (κ1) is 21.4. The van der Waals surface area contributed by atoms with E-state index in [1.54, 1.807) is 19.2 Å². The third-order valence-electron chi connectivity index (χ3n) is 3.62. The van der Waals surface area contributed by atoms with Gasteiger partial charge in [-0.1, -0.05) is 23.7 Å². The zero-order chi connectivity index (χ0) is 19.8. The second kappa shape index (κ2) is 10.4. The maximum Gasteiger partial charge on any atom is 0.230 e. The fourth-order valence-corrected chi connectivity index (χ4v) is 3.54. The van der Waals surface area contributed by atoms with Crippen LogP contribution in [-0.4, -0.2) is 24.9 Å². The third-order valence-corrected chi connectivity index (χ3v) is 4.93. The zero-order valence-corrected chi connectivity index (χ0v) is 17.1. The molecule has 0 saturated carbocycles. The first-order valence-corrected chi connectivity index (χ1v) is 10.0. The Hall–Kier alpha value is -1.92. The number of hydrogen-bond donors (Lipinski definition) is 1. The zero-order valence-electron chi connectivity index (χ0n) is 15.6. The van der Waals surface area contributed by atoms with Gasteiger partial charge in [-0.15, -0.1) is 11.8 Å². The van der Waals surface area contributed by atoms with E-state index < -0.39 is 0 Å². The maximum absolute atomic E-state index is 13.7. The van der Waals surface area contributed by atoms with E-state index in [9.17, 15) is 9.18 Å². The summed E-state index contributed by atoms with van der Waals surface area (Å²) in [6.45, 7) is 4.26. The molecule has 2 aromatic rings. The highest BCUT2D eigenvalue weighted by Gasteiger charge is 2.10. The maximum atomic E-state index is 13.7. The molecule has 2 rings (SSSR count). The van der Waals surface area contributed by atoms with Crippen molar-refractivity contribution in [2.45, 2.75) is 32.2 Å². The van der Waals surface area contributed by atoms with Crippen LogP contribution in [0, 0.1) is 5.82 Å². The molecule has 0 fully saturated rings. The van der Waals surface area contributed by atoms with Crippen molar-refractivity contribution >= 4 is 29.3 Å². The van der Waals surface area contributed by atoms with Gasteiger partial charge in [0.15, 0.2) is 11.5 Å². The average Bonchev–Trinajstić information content (AvgIpc) is 2.63. The monoisotopic (exact) mass is 411 g/mol. The molecule has 0 bridgehead atoms. The number of thioether (sulfide) groups is 1. The van der Waals surface area contributed by atoms with Crippen LogP contribution in [0.4, 0.5) is 4.39 Å². The molecule has 4 nitrogen and oxygen atoms in total. The van der Waals surface area contributed by atoms with E-state index in [-0.39, 0.29) is 23.6 Å². The number of carbonyl (C=O) groups is 1. The van der Waals surface area contributed by atoms with Crippen molar-refractivity contribution in [3.63, 3.8) is 0 Å². The fraction of sp³-hybridized carbons (Fsp3) is 0.350. The van der Waals surface area contributed by atoms with Crippen molar-refractivity contribution in [2.24, 2.45) is 0 Å². The quantitative estimate of drug-likeness (QED) is 0.642. The van der Waals surface area contributed by atoms with Crippen LogP contribution in [0.15, 0.2) is 36.4 Å². The molecule has 0 aliphatic carbocycles. The molecule has 0 heterocycles. The fourth-order valence-electron chi connectivity index (χ4n) is 2.34. The van der Waals surface area contributed by atoms with Crippen molar-refractivity contribution in [1.29, 1.82) is 0 Å². The number of methoxy groups -OCH3 is 1. The summed E-state index contributed by atoms with van der Waals surface area (Å²) >= 11 is 7.30. The van der Waals surface area contributed by atoms with Crippen LogP contribution in [-0.2, 0) is 17.1 Å². The van der Waals surface area contributed by atoms with Gasteiger partial charge in [0, 0.05) is 22.9 Å². The first-order chi connectivity index (χ1) is 12.9. The number of benzene rings is 2. The highest BCUT2D eigenvalue weighted by molar-refractivity contribution is 7.99. The third kappa shape index (κ3) is 6.63. The Bertz CT molecular complexity index is 766. The number of halogens is 2. The molecule has 0 aliphatic heterocycles. The Morgan fingerprint density at radius 1 is 1.26 bits per heavy atom. The van der Waals surface area contributed by atoms with Gasteiger partial charge < -0.3 is 14.8 Å². The van der Waals surface area contributed by atoms with E-state index in [1.807, 2.05) is 32.0 Å². The summed E-state index contributed by atoms with van der Waals surface area (Å²) in [6, 6.07) is 10.1. The Balaban J connectivity index is 1.83. The molecule has 27 heavy (non-hydrogen) atoms. The van der Waals surface area contributed by atoms with Crippen molar-refractivity contribution in [3.05, 3.63) is 58.4 Å². The topological polar surface area (TPSA) is 47.6 Å². The summed E-state index contributed by atoms with van der Waals surface area (Å²) < 4.78 is 24.7. The molecule has 0 aliphatic rings. The molecule has 1 amide bonds. The van der Waals surface area contributed by atoms with Crippen molar-refractivity contribution < 1.29 is 18.7 Å². The summed E-state index contributed by atoms with van der Waals surface area (Å²) in [5.41, 5.74) is 1.32. The van der Waals surface area contributed by atoms with Gasteiger partial charge in [0.2, 0.25) is 5.91 Å². The molecular weight excluding hydrogens is 389 g/mol. The molecule has 0 spiro atoms. The van der Waals surface area contributed by atoms with Gasteiger partial charge in [0.05, 0.1) is 19.0 Å². The lowest BCUT2D eigenvalue weighted by Crippen LogP contribution is -2.24. The molecular formula is C20H23ClFNO3S. The van der Waals surface area contributed by atoms with E-state index in [2.05, 4.69) is 5.32 Å². The molecule has 146 valence electrons. The van der Waals surface area contributed by atoms with Crippen LogP contribution >= 0.6 is 23.4 Å². The minimum absolute atomic E-state index is 0.0458. The second-order valence-corrected chi connectivity index (χ2v) is 7.51. The molecule has 2 aromatic carbocycles. The number of amides is 1. The average molecular weight is 412 g/mol. The van der Waals surface area contributed by atoms with E-state index in [0.29, 0.717) is 34.4 Å². The largest absolute Gasteiger partial charge is 0.493 e. The van der Waals surface area contributed by atoms with Crippen LogP contribution in [0.3, 0.4) is 0 Å². The number of hydrogen-bond acceptors (Lipinski definition) is 4. The standard InChI is InChI=1S/C20H23ClFNO3S/c1-13(2)26-18-8-7-14(9-19(18)25-3)10-23-20(24)12-27-11-15-16(21)5-4-6-17(15)22/h4-9,13H,10-12H2,1-3H3,(H,23,24). The van der Waals surface area contributed by atoms with Crippen LogP contribution in [0.5, 0.6) is 11.5 Å². The highest BCUT2D eigenvalue weighted by Crippen LogP contribution is 2.29. The first-order valence-electron chi connectivity index (χ1n) is 8.51. The van der Waals surface area contributed by atoms with Gasteiger partial charge in [-0.05, 0) is 43.7 Å². The minimum atomic E-state index is -0.355. The lowest BCUT2D eigenvalue weighted by Gasteiger charge is -2.14. The van der Waals surface area contributed by atoms with E-state index in [0.717, 1.165) is 5.56 Å². The van der Waals surface area contributed by atoms with Crippen LogP contribution < -0.4 is 14.8 Å².